The zero-order chi connectivity index (χ0) is 10.3. The highest BCUT2D eigenvalue weighted by Gasteiger charge is 2.55. The maximum Gasteiger partial charge on any atom is 0.345 e. The van der Waals surface area contributed by atoms with Crippen LogP contribution in [0, 0.1) is 11.3 Å². The van der Waals surface area contributed by atoms with Crippen LogP contribution in [0.1, 0.15) is 25.7 Å². The zero-order valence-corrected chi connectivity index (χ0v) is 7.58. The molecule has 2 aliphatic carbocycles. The second kappa shape index (κ2) is 3.15. The first-order chi connectivity index (χ1) is 6.51. The summed E-state index contributed by atoms with van der Waals surface area (Å²) in [7, 11) is 0. The molecule has 5 heteroatoms. The number of ether oxygens (including phenoxy) is 1. The van der Waals surface area contributed by atoms with E-state index in [1.54, 1.807) is 0 Å². The monoisotopic (exact) mass is 206 g/mol. The summed E-state index contributed by atoms with van der Waals surface area (Å²) >= 11 is 0. The molecular weight excluding hydrogens is 194 g/mol. The largest absolute Gasteiger partial charge is 0.481 e. The van der Waals surface area contributed by atoms with Crippen LogP contribution < -0.4 is 0 Å². The van der Waals surface area contributed by atoms with Gasteiger partial charge in [-0.3, -0.25) is 4.79 Å². The number of halogens is 2. The Balaban J connectivity index is 1.72. The molecule has 0 aromatic rings. The van der Waals surface area contributed by atoms with E-state index < -0.39 is 12.6 Å². The van der Waals surface area contributed by atoms with E-state index in [4.69, 9.17) is 5.11 Å². The molecule has 0 heterocycles. The zero-order valence-electron chi connectivity index (χ0n) is 7.58. The number of carboxylic acids is 1. The molecule has 0 unspecified atom stereocenters. The minimum absolute atomic E-state index is 0.0165. The molecule has 1 spiro atoms. The Morgan fingerprint density at radius 1 is 1.36 bits per heavy atom. The molecule has 2 aliphatic rings. The molecule has 0 radical (unpaired) electrons. The van der Waals surface area contributed by atoms with E-state index >= 15 is 0 Å². The number of carboxylic acid groups (broad SMARTS) is 1. The minimum atomic E-state index is -2.70. The van der Waals surface area contributed by atoms with E-state index in [1.807, 2.05) is 0 Å². The molecule has 2 rings (SSSR count). The third-order valence-electron chi connectivity index (χ3n) is 3.32. The topological polar surface area (TPSA) is 46.5 Å². The van der Waals surface area contributed by atoms with Gasteiger partial charge in [0.1, 0.15) is 0 Å². The van der Waals surface area contributed by atoms with Crippen LogP contribution >= 0.6 is 0 Å². The predicted octanol–water partition coefficient (Wildman–Crippen LogP) is 1.87. The van der Waals surface area contributed by atoms with E-state index in [-0.39, 0.29) is 17.4 Å². The van der Waals surface area contributed by atoms with E-state index in [0.29, 0.717) is 25.7 Å². The fourth-order valence-corrected chi connectivity index (χ4v) is 2.64. The van der Waals surface area contributed by atoms with Crippen LogP contribution in [-0.4, -0.2) is 23.8 Å². The Morgan fingerprint density at radius 3 is 2.36 bits per heavy atom. The minimum Gasteiger partial charge on any atom is -0.481 e. The Kier molecular flexibility index (Phi) is 2.21. The molecule has 0 aliphatic heterocycles. The molecule has 14 heavy (non-hydrogen) atoms. The first kappa shape index (κ1) is 9.83. The van der Waals surface area contributed by atoms with Crippen molar-refractivity contribution in [1.29, 1.82) is 0 Å². The lowest BCUT2D eigenvalue weighted by Gasteiger charge is -2.56. The van der Waals surface area contributed by atoms with Crippen LogP contribution in [0.25, 0.3) is 0 Å². The van der Waals surface area contributed by atoms with Crippen molar-refractivity contribution in [3.05, 3.63) is 0 Å². The Hall–Kier alpha value is -0.710. The van der Waals surface area contributed by atoms with E-state index in [0.717, 1.165) is 0 Å². The fraction of sp³-hybridized carbons (Fsp3) is 0.889. The lowest BCUT2D eigenvalue weighted by atomic mass is 9.51. The van der Waals surface area contributed by atoms with Crippen molar-refractivity contribution in [1.82, 2.24) is 0 Å². The molecule has 2 fully saturated rings. The molecule has 0 amide bonds. The Bertz CT molecular complexity index is 240. The number of rotatable bonds is 3. The van der Waals surface area contributed by atoms with Crippen molar-refractivity contribution >= 4 is 5.97 Å². The van der Waals surface area contributed by atoms with Gasteiger partial charge >= 0.3 is 12.6 Å². The molecule has 3 nitrogen and oxygen atoms in total. The predicted molar refractivity (Wildman–Crippen MR) is 42.9 cm³/mol. The molecule has 0 aromatic heterocycles. The van der Waals surface area contributed by atoms with E-state index in [2.05, 4.69) is 4.74 Å². The number of hydrogen-bond acceptors (Lipinski definition) is 2. The first-order valence-corrected chi connectivity index (χ1v) is 4.67. The summed E-state index contributed by atoms with van der Waals surface area (Å²) in [5.74, 6) is -1.03. The number of hydrogen-bond donors (Lipinski definition) is 1. The number of carbonyl (C=O) groups is 1. The van der Waals surface area contributed by atoms with Gasteiger partial charge in [-0.05, 0) is 31.1 Å². The normalized spacial score (nSPS) is 40.8. The van der Waals surface area contributed by atoms with Crippen molar-refractivity contribution in [2.45, 2.75) is 38.4 Å². The molecule has 0 bridgehead atoms. The van der Waals surface area contributed by atoms with Crippen LogP contribution in [-0.2, 0) is 9.53 Å². The quantitative estimate of drug-likeness (QED) is 0.766. The van der Waals surface area contributed by atoms with Crippen molar-refractivity contribution in [2.75, 3.05) is 0 Å². The van der Waals surface area contributed by atoms with Gasteiger partial charge in [-0.25, -0.2) is 0 Å². The van der Waals surface area contributed by atoms with Gasteiger partial charge in [0.2, 0.25) is 0 Å². The van der Waals surface area contributed by atoms with Gasteiger partial charge in [0.05, 0.1) is 12.0 Å². The van der Waals surface area contributed by atoms with Crippen LogP contribution in [0.3, 0.4) is 0 Å². The van der Waals surface area contributed by atoms with Crippen molar-refractivity contribution in [3.8, 4) is 0 Å². The average Bonchev–Trinajstić information content (AvgIpc) is 1.89. The molecule has 2 saturated carbocycles. The Morgan fingerprint density at radius 2 is 1.93 bits per heavy atom. The number of alkyl halides is 2. The summed E-state index contributed by atoms with van der Waals surface area (Å²) in [6.07, 6.45) is 2.10. The SMILES string of the molecule is O=C(O)C1CC2(CC(OC(F)F)C2)C1. The van der Waals surface area contributed by atoms with E-state index in [1.165, 1.54) is 0 Å². The highest BCUT2D eigenvalue weighted by atomic mass is 19.3. The molecule has 0 saturated heterocycles. The maximum absolute atomic E-state index is 11.8. The standard InChI is InChI=1S/C9H12F2O3/c10-8(11)14-6-3-9(4-6)1-5(2-9)7(12)13/h5-6,8H,1-4H2,(H,12,13). The summed E-state index contributed by atoms with van der Waals surface area (Å²) in [5.41, 5.74) is 0.0165. The van der Waals surface area contributed by atoms with Gasteiger partial charge in [-0.15, -0.1) is 0 Å². The summed E-state index contributed by atoms with van der Waals surface area (Å²) in [6, 6.07) is 0. The molecule has 0 aromatic carbocycles. The van der Waals surface area contributed by atoms with Crippen molar-refractivity contribution in [3.63, 3.8) is 0 Å². The molecule has 1 N–H and O–H groups in total. The first-order valence-electron chi connectivity index (χ1n) is 4.67. The molecular formula is C9H12F2O3. The summed E-state index contributed by atoms with van der Waals surface area (Å²) in [4.78, 5) is 10.5. The smallest absolute Gasteiger partial charge is 0.345 e. The second-order valence-electron chi connectivity index (χ2n) is 4.37. The van der Waals surface area contributed by atoms with Crippen LogP contribution in [0.5, 0.6) is 0 Å². The van der Waals surface area contributed by atoms with Gasteiger partial charge in [-0.1, -0.05) is 0 Å². The lowest BCUT2D eigenvalue weighted by Crippen LogP contribution is -2.53. The third kappa shape index (κ3) is 1.61. The molecule has 80 valence electrons. The fourth-order valence-electron chi connectivity index (χ4n) is 2.64. The average molecular weight is 206 g/mol. The van der Waals surface area contributed by atoms with Gasteiger partial charge in [0.25, 0.3) is 0 Å². The number of aliphatic carboxylic acids is 1. The highest BCUT2D eigenvalue weighted by molar-refractivity contribution is 5.71. The Labute approximate surface area is 80.0 Å². The van der Waals surface area contributed by atoms with Crippen LogP contribution in [0.4, 0.5) is 8.78 Å². The van der Waals surface area contributed by atoms with Crippen LogP contribution in [0.2, 0.25) is 0 Å². The molecule has 0 atom stereocenters. The van der Waals surface area contributed by atoms with Gasteiger partial charge in [0.15, 0.2) is 0 Å². The van der Waals surface area contributed by atoms with Gasteiger partial charge in [0, 0.05) is 0 Å². The highest BCUT2D eigenvalue weighted by Crippen LogP contribution is 2.59. The maximum atomic E-state index is 11.8. The second-order valence-corrected chi connectivity index (χ2v) is 4.37. The van der Waals surface area contributed by atoms with Gasteiger partial charge in [-0.2, -0.15) is 8.78 Å². The van der Waals surface area contributed by atoms with Crippen molar-refractivity contribution < 1.29 is 23.4 Å². The summed E-state index contributed by atoms with van der Waals surface area (Å²) < 4.78 is 27.9. The van der Waals surface area contributed by atoms with E-state index in [9.17, 15) is 13.6 Å². The van der Waals surface area contributed by atoms with Gasteiger partial charge < -0.3 is 9.84 Å². The van der Waals surface area contributed by atoms with Crippen molar-refractivity contribution in [2.24, 2.45) is 11.3 Å². The lowest BCUT2D eigenvalue weighted by molar-refractivity contribution is -0.228. The summed E-state index contributed by atoms with van der Waals surface area (Å²) in [5, 5.41) is 8.65. The summed E-state index contributed by atoms with van der Waals surface area (Å²) in [6.45, 7) is -2.70. The van der Waals surface area contributed by atoms with Crippen LogP contribution in [0.15, 0.2) is 0 Å². The third-order valence-corrected chi connectivity index (χ3v) is 3.32.